The van der Waals surface area contributed by atoms with Gasteiger partial charge in [-0.15, -0.1) is 0 Å². The molecule has 0 aliphatic carbocycles. The van der Waals surface area contributed by atoms with Crippen LogP contribution in [0.1, 0.15) is 32.0 Å². The van der Waals surface area contributed by atoms with Crippen LogP contribution in [0.3, 0.4) is 0 Å². The second kappa shape index (κ2) is 6.19. The molecule has 0 fully saturated rings. The number of hydrogen-bond donors (Lipinski definition) is 2. The van der Waals surface area contributed by atoms with Crippen molar-refractivity contribution in [2.75, 3.05) is 13.1 Å². The first kappa shape index (κ1) is 16.4. The number of alkyl carbamates (subject to hydrolysis) is 1. The summed E-state index contributed by atoms with van der Waals surface area (Å²) in [6.07, 6.45) is 0.225. The van der Waals surface area contributed by atoms with Gasteiger partial charge in [-0.2, -0.15) is 0 Å². The fourth-order valence-corrected chi connectivity index (χ4v) is 2.95. The second-order valence-corrected chi connectivity index (χ2v) is 7.05. The molecule has 0 spiro atoms. The Bertz CT molecular complexity index is 773. The number of carbonyl (C=O) groups is 2. The number of hydrogen-bond acceptors (Lipinski definition) is 3. The zero-order valence-corrected chi connectivity index (χ0v) is 14.3. The molecule has 1 aromatic carbocycles. The second-order valence-electron chi connectivity index (χ2n) is 7.05. The highest BCUT2D eigenvalue weighted by atomic mass is 16.6. The van der Waals surface area contributed by atoms with Gasteiger partial charge in [-0.05, 0) is 26.8 Å². The Kier molecular flexibility index (Phi) is 4.22. The Morgan fingerprint density at radius 3 is 2.79 bits per heavy atom. The summed E-state index contributed by atoms with van der Waals surface area (Å²) >= 11 is 0. The van der Waals surface area contributed by atoms with Crippen LogP contribution in [-0.2, 0) is 22.5 Å². The first-order valence-corrected chi connectivity index (χ1v) is 8.16. The van der Waals surface area contributed by atoms with Crippen molar-refractivity contribution in [1.82, 2.24) is 15.2 Å². The van der Waals surface area contributed by atoms with Crippen LogP contribution in [-0.4, -0.2) is 40.6 Å². The summed E-state index contributed by atoms with van der Waals surface area (Å²) in [5.74, 6) is -0.100. The lowest BCUT2D eigenvalue weighted by Crippen LogP contribution is -2.43. The quantitative estimate of drug-likeness (QED) is 0.889. The van der Waals surface area contributed by atoms with E-state index >= 15 is 0 Å². The molecular weight excluding hydrogens is 306 g/mol. The Hall–Kier alpha value is -2.50. The van der Waals surface area contributed by atoms with Crippen molar-refractivity contribution < 1.29 is 14.3 Å². The SMILES string of the molecule is CC(C)(C)OC(=O)NCC(=O)N1CCc2[nH]c3ccccc3c2C1. The van der Waals surface area contributed by atoms with E-state index in [2.05, 4.69) is 16.4 Å². The molecule has 2 heterocycles. The van der Waals surface area contributed by atoms with Crippen LogP contribution in [0, 0.1) is 0 Å². The number of benzene rings is 1. The van der Waals surface area contributed by atoms with Gasteiger partial charge in [0.05, 0.1) is 0 Å². The molecule has 128 valence electrons. The van der Waals surface area contributed by atoms with Crippen molar-refractivity contribution in [1.29, 1.82) is 0 Å². The number of rotatable bonds is 2. The predicted molar refractivity (Wildman–Crippen MR) is 91.7 cm³/mol. The molecule has 0 atom stereocenters. The number of nitrogens with zero attached hydrogens (tertiary/aromatic N) is 1. The lowest BCUT2D eigenvalue weighted by molar-refractivity contribution is -0.131. The van der Waals surface area contributed by atoms with E-state index in [4.69, 9.17) is 4.74 Å². The first-order chi connectivity index (χ1) is 11.3. The van der Waals surface area contributed by atoms with Gasteiger partial charge in [0.25, 0.3) is 0 Å². The molecule has 1 aromatic heterocycles. The smallest absolute Gasteiger partial charge is 0.408 e. The van der Waals surface area contributed by atoms with Crippen LogP contribution in [0.25, 0.3) is 10.9 Å². The largest absolute Gasteiger partial charge is 0.444 e. The molecule has 6 nitrogen and oxygen atoms in total. The number of ether oxygens (including phenoxy) is 1. The average molecular weight is 329 g/mol. The van der Waals surface area contributed by atoms with Gasteiger partial charge in [-0.25, -0.2) is 4.79 Å². The van der Waals surface area contributed by atoms with E-state index in [0.29, 0.717) is 13.1 Å². The van der Waals surface area contributed by atoms with E-state index < -0.39 is 11.7 Å². The molecule has 2 aromatic rings. The maximum atomic E-state index is 12.4. The van der Waals surface area contributed by atoms with E-state index in [1.807, 2.05) is 18.2 Å². The number of fused-ring (bicyclic) bond motifs is 3. The van der Waals surface area contributed by atoms with E-state index in [1.54, 1.807) is 25.7 Å². The molecule has 0 saturated carbocycles. The van der Waals surface area contributed by atoms with Crippen molar-refractivity contribution in [3.05, 3.63) is 35.5 Å². The maximum absolute atomic E-state index is 12.4. The number of amides is 2. The van der Waals surface area contributed by atoms with Gasteiger partial charge in [0.2, 0.25) is 5.91 Å². The topological polar surface area (TPSA) is 74.4 Å². The highest BCUT2D eigenvalue weighted by Gasteiger charge is 2.24. The first-order valence-electron chi connectivity index (χ1n) is 8.16. The van der Waals surface area contributed by atoms with Crippen LogP contribution in [0.15, 0.2) is 24.3 Å². The summed E-state index contributed by atoms with van der Waals surface area (Å²) in [6.45, 7) is 6.53. The summed E-state index contributed by atoms with van der Waals surface area (Å²) in [6, 6.07) is 8.11. The zero-order valence-electron chi connectivity index (χ0n) is 14.3. The van der Waals surface area contributed by atoms with Crippen molar-refractivity contribution in [2.24, 2.45) is 0 Å². The number of aromatic nitrogens is 1. The normalized spacial score (nSPS) is 14.4. The van der Waals surface area contributed by atoms with Crippen LogP contribution in [0.2, 0.25) is 0 Å². The molecule has 2 N–H and O–H groups in total. The minimum absolute atomic E-state index is 0.0490. The minimum atomic E-state index is -0.572. The molecule has 3 rings (SSSR count). The van der Waals surface area contributed by atoms with Crippen molar-refractivity contribution in [2.45, 2.75) is 39.3 Å². The maximum Gasteiger partial charge on any atom is 0.408 e. The fourth-order valence-electron chi connectivity index (χ4n) is 2.95. The van der Waals surface area contributed by atoms with Crippen molar-refractivity contribution >= 4 is 22.9 Å². The summed E-state index contributed by atoms with van der Waals surface area (Å²) in [4.78, 5) is 29.3. The molecule has 6 heteroatoms. The third kappa shape index (κ3) is 3.53. The minimum Gasteiger partial charge on any atom is -0.444 e. The summed E-state index contributed by atoms with van der Waals surface area (Å²) in [5.41, 5.74) is 2.89. The lowest BCUT2D eigenvalue weighted by atomic mass is 10.0. The van der Waals surface area contributed by atoms with Crippen molar-refractivity contribution in [3.63, 3.8) is 0 Å². The van der Waals surface area contributed by atoms with Crippen LogP contribution in [0.5, 0.6) is 0 Å². The molecule has 0 bridgehead atoms. The zero-order chi connectivity index (χ0) is 17.3. The average Bonchev–Trinajstić information content (AvgIpc) is 2.88. The third-order valence-corrected chi connectivity index (χ3v) is 4.02. The van der Waals surface area contributed by atoms with Crippen LogP contribution >= 0.6 is 0 Å². The monoisotopic (exact) mass is 329 g/mol. The summed E-state index contributed by atoms with van der Waals surface area (Å²) < 4.78 is 5.15. The molecule has 0 saturated heterocycles. The lowest BCUT2D eigenvalue weighted by Gasteiger charge is -2.27. The van der Waals surface area contributed by atoms with Gasteiger partial charge in [-0.3, -0.25) is 4.79 Å². The van der Waals surface area contributed by atoms with Gasteiger partial charge >= 0.3 is 6.09 Å². The molecule has 24 heavy (non-hydrogen) atoms. The predicted octanol–water partition coefficient (Wildman–Crippen LogP) is 2.58. The standard InChI is InChI=1S/C18H23N3O3/c1-18(2,3)24-17(23)19-10-16(22)21-9-8-15-13(11-21)12-6-4-5-7-14(12)20-15/h4-7,20H,8-11H2,1-3H3,(H,19,23). The van der Waals surface area contributed by atoms with Crippen LogP contribution < -0.4 is 5.32 Å². The van der Waals surface area contributed by atoms with Gasteiger partial charge < -0.3 is 19.9 Å². The number of para-hydroxylation sites is 1. The van der Waals surface area contributed by atoms with E-state index in [-0.39, 0.29) is 12.5 Å². The van der Waals surface area contributed by atoms with E-state index in [1.165, 1.54) is 11.3 Å². The number of H-pyrrole nitrogens is 1. The summed E-state index contributed by atoms with van der Waals surface area (Å²) in [5, 5.41) is 3.69. The Morgan fingerprint density at radius 2 is 2.04 bits per heavy atom. The van der Waals surface area contributed by atoms with Gasteiger partial charge in [0.15, 0.2) is 0 Å². The molecule has 0 radical (unpaired) electrons. The van der Waals surface area contributed by atoms with E-state index in [0.717, 1.165) is 17.3 Å². The summed E-state index contributed by atoms with van der Waals surface area (Å²) in [7, 11) is 0. The van der Waals surface area contributed by atoms with Crippen molar-refractivity contribution in [3.8, 4) is 0 Å². The number of carbonyl (C=O) groups excluding carboxylic acids is 2. The highest BCUT2D eigenvalue weighted by molar-refractivity contribution is 5.87. The Balaban J connectivity index is 1.63. The van der Waals surface area contributed by atoms with Crippen LogP contribution in [0.4, 0.5) is 4.79 Å². The molecule has 1 aliphatic rings. The molecular formula is C18H23N3O3. The molecule has 0 unspecified atom stereocenters. The van der Waals surface area contributed by atoms with Gasteiger partial charge in [-0.1, -0.05) is 18.2 Å². The molecule has 1 aliphatic heterocycles. The Morgan fingerprint density at radius 1 is 1.29 bits per heavy atom. The van der Waals surface area contributed by atoms with Gasteiger partial charge in [0, 0.05) is 41.7 Å². The Labute approximate surface area is 141 Å². The third-order valence-electron chi connectivity index (χ3n) is 4.02. The van der Waals surface area contributed by atoms with E-state index in [9.17, 15) is 9.59 Å². The van der Waals surface area contributed by atoms with Gasteiger partial charge in [0.1, 0.15) is 12.1 Å². The molecule has 2 amide bonds. The highest BCUT2D eigenvalue weighted by Crippen LogP contribution is 2.27. The number of nitrogens with one attached hydrogen (secondary N) is 2. The fraction of sp³-hybridized carbons (Fsp3) is 0.444. The number of aromatic amines is 1.